The van der Waals surface area contributed by atoms with Crippen molar-refractivity contribution in [3.05, 3.63) is 65.2 Å². The summed E-state index contributed by atoms with van der Waals surface area (Å²) >= 11 is 0. The third kappa shape index (κ3) is 6.72. The molecule has 0 spiro atoms. The fourth-order valence-electron chi connectivity index (χ4n) is 2.85. The first-order valence-corrected chi connectivity index (χ1v) is 9.94. The van der Waals surface area contributed by atoms with Crippen molar-refractivity contribution in [1.82, 2.24) is 10.6 Å². The average Bonchev–Trinajstić information content (AvgIpc) is 3.21. The van der Waals surface area contributed by atoms with E-state index in [1.165, 1.54) is 6.26 Å². The standard InChI is InChI=1S/C23H30N2O3/c1-4-6-8-18(5-2)16-24-23(27)21(15-20-9-7-14-28-20)25-22(26)19-12-10-17(3)11-13-19/h7,9-15,18H,4-6,8,16H2,1-3H3,(H,24,27)(H,25,26)/b21-15-/t18-/m1/s1. The van der Waals surface area contributed by atoms with E-state index in [9.17, 15) is 9.59 Å². The first-order chi connectivity index (χ1) is 13.5. The third-order valence-corrected chi connectivity index (χ3v) is 4.73. The van der Waals surface area contributed by atoms with Crippen LogP contribution in [0.1, 0.15) is 61.2 Å². The highest BCUT2D eigenvalue weighted by Crippen LogP contribution is 2.12. The molecule has 2 amide bonds. The van der Waals surface area contributed by atoms with Crippen LogP contribution in [0.4, 0.5) is 0 Å². The van der Waals surface area contributed by atoms with Gasteiger partial charge in [0.25, 0.3) is 11.8 Å². The lowest BCUT2D eigenvalue weighted by molar-refractivity contribution is -0.117. The van der Waals surface area contributed by atoms with Gasteiger partial charge >= 0.3 is 0 Å². The van der Waals surface area contributed by atoms with Crippen LogP contribution < -0.4 is 10.6 Å². The number of hydrogen-bond acceptors (Lipinski definition) is 3. The van der Waals surface area contributed by atoms with E-state index in [0.29, 0.717) is 23.8 Å². The second kappa shape index (κ2) is 11.1. The van der Waals surface area contributed by atoms with Crippen molar-refractivity contribution in [2.45, 2.75) is 46.5 Å². The SMILES string of the molecule is CCCC[C@@H](CC)CNC(=O)/C(=C/c1ccco1)NC(=O)c1ccc(C)cc1. The van der Waals surface area contributed by atoms with Crippen molar-refractivity contribution in [2.75, 3.05) is 6.54 Å². The van der Waals surface area contributed by atoms with Gasteiger partial charge in [-0.05, 0) is 43.5 Å². The molecule has 0 saturated heterocycles. The van der Waals surface area contributed by atoms with Crippen LogP contribution in [-0.4, -0.2) is 18.4 Å². The van der Waals surface area contributed by atoms with E-state index >= 15 is 0 Å². The van der Waals surface area contributed by atoms with Crippen LogP contribution in [0, 0.1) is 12.8 Å². The van der Waals surface area contributed by atoms with Gasteiger partial charge in [-0.25, -0.2) is 0 Å². The Kier molecular flexibility index (Phi) is 8.53. The van der Waals surface area contributed by atoms with E-state index in [0.717, 1.165) is 31.2 Å². The molecule has 2 aromatic rings. The smallest absolute Gasteiger partial charge is 0.267 e. The van der Waals surface area contributed by atoms with Crippen LogP contribution in [0.25, 0.3) is 6.08 Å². The molecule has 0 radical (unpaired) electrons. The minimum atomic E-state index is -0.328. The highest BCUT2D eigenvalue weighted by Gasteiger charge is 2.16. The number of aryl methyl sites for hydroxylation is 1. The van der Waals surface area contributed by atoms with Crippen molar-refractivity contribution < 1.29 is 14.0 Å². The molecule has 0 aliphatic rings. The van der Waals surface area contributed by atoms with Gasteiger partial charge in [-0.3, -0.25) is 9.59 Å². The summed E-state index contributed by atoms with van der Waals surface area (Å²) in [4.78, 5) is 25.3. The van der Waals surface area contributed by atoms with E-state index in [1.807, 2.05) is 19.1 Å². The van der Waals surface area contributed by atoms with Gasteiger partial charge in [0.15, 0.2) is 0 Å². The molecular weight excluding hydrogens is 352 g/mol. The summed E-state index contributed by atoms with van der Waals surface area (Å²) in [7, 11) is 0. The highest BCUT2D eigenvalue weighted by atomic mass is 16.3. The number of carbonyl (C=O) groups is 2. The van der Waals surface area contributed by atoms with E-state index < -0.39 is 0 Å². The third-order valence-electron chi connectivity index (χ3n) is 4.73. The number of furan rings is 1. The van der Waals surface area contributed by atoms with Crippen LogP contribution >= 0.6 is 0 Å². The van der Waals surface area contributed by atoms with Gasteiger partial charge in [0.1, 0.15) is 11.5 Å². The van der Waals surface area contributed by atoms with Crippen molar-refractivity contribution in [2.24, 2.45) is 5.92 Å². The molecule has 0 unspecified atom stereocenters. The molecule has 2 rings (SSSR count). The maximum Gasteiger partial charge on any atom is 0.267 e. The molecule has 0 fully saturated rings. The first-order valence-electron chi connectivity index (χ1n) is 9.94. The van der Waals surface area contributed by atoms with Gasteiger partial charge in [0.05, 0.1) is 6.26 Å². The van der Waals surface area contributed by atoms with Gasteiger partial charge in [-0.2, -0.15) is 0 Å². The molecule has 5 nitrogen and oxygen atoms in total. The molecule has 0 bridgehead atoms. The summed E-state index contributed by atoms with van der Waals surface area (Å²) < 4.78 is 5.31. The molecular formula is C23H30N2O3. The summed E-state index contributed by atoms with van der Waals surface area (Å²) in [6.45, 7) is 6.84. The number of amides is 2. The molecule has 1 atom stereocenters. The second-order valence-corrected chi connectivity index (χ2v) is 7.02. The minimum Gasteiger partial charge on any atom is -0.465 e. The Morgan fingerprint density at radius 2 is 1.89 bits per heavy atom. The van der Waals surface area contributed by atoms with Crippen LogP contribution in [0.15, 0.2) is 52.8 Å². The maximum atomic E-state index is 12.7. The van der Waals surface area contributed by atoms with Gasteiger partial charge in [-0.1, -0.05) is 50.8 Å². The number of unbranched alkanes of at least 4 members (excludes halogenated alkanes) is 1. The Bertz CT molecular complexity index is 777. The van der Waals surface area contributed by atoms with E-state index in [1.54, 1.807) is 30.3 Å². The quantitative estimate of drug-likeness (QED) is 0.586. The fourth-order valence-corrected chi connectivity index (χ4v) is 2.85. The zero-order chi connectivity index (χ0) is 20.4. The summed E-state index contributed by atoms with van der Waals surface area (Å²) in [6.07, 6.45) is 7.46. The molecule has 0 aliphatic carbocycles. The molecule has 2 N–H and O–H groups in total. The Hall–Kier alpha value is -2.82. The van der Waals surface area contributed by atoms with E-state index in [-0.39, 0.29) is 17.5 Å². The van der Waals surface area contributed by atoms with Gasteiger partial charge in [0, 0.05) is 18.2 Å². The Morgan fingerprint density at radius 3 is 2.50 bits per heavy atom. The molecule has 0 aliphatic heterocycles. The normalized spacial score (nSPS) is 12.5. The van der Waals surface area contributed by atoms with Crippen LogP contribution in [-0.2, 0) is 4.79 Å². The summed E-state index contributed by atoms with van der Waals surface area (Å²) in [5.41, 5.74) is 1.74. The van der Waals surface area contributed by atoms with Gasteiger partial charge in [0.2, 0.25) is 0 Å². The monoisotopic (exact) mass is 382 g/mol. The summed E-state index contributed by atoms with van der Waals surface area (Å²) in [5.74, 6) is 0.298. The largest absolute Gasteiger partial charge is 0.465 e. The molecule has 1 aromatic heterocycles. The number of hydrogen-bond donors (Lipinski definition) is 2. The van der Waals surface area contributed by atoms with Gasteiger partial charge in [-0.15, -0.1) is 0 Å². The molecule has 150 valence electrons. The number of rotatable bonds is 10. The first kappa shape index (κ1) is 21.5. The highest BCUT2D eigenvalue weighted by molar-refractivity contribution is 6.05. The van der Waals surface area contributed by atoms with E-state index in [4.69, 9.17) is 4.42 Å². The van der Waals surface area contributed by atoms with Gasteiger partial charge < -0.3 is 15.1 Å². The number of benzene rings is 1. The van der Waals surface area contributed by atoms with Crippen LogP contribution in [0.3, 0.4) is 0 Å². The van der Waals surface area contributed by atoms with E-state index in [2.05, 4.69) is 24.5 Å². The Balaban J connectivity index is 2.09. The topological polar surface area (TPSA) is 71.3 Å². The second-order valence-electron chi connectivity index (χ2n) is 7.02. The lowest BCUT2D eigenvalue weighted by atomic mass is 9.99. The fraction of sp³-hybridized carbons (Fsp3) is 0.391. The van der Waals surface area contributed by atoms with Crippen molar-refractivity contribution >= 4 is 17.9 Å². The predicted octanol–water partition coefficient (Wildman–Crippen LogP) is 4.69. The Labute approximate surface area is 167 Å². The predicted molar refractivity (Wildman–Crippen MR) is 112 cm³/mol. The number of carbonyl (C=O) groups excluding carboxylic acids is 2. The molecule has 1 heterocycles. The molecule has 0 saturated carbocycles. The molecule has 5 heteroatoms. The zero-order valence-electron chi connectivity index (χ0n) is 17.0. The van der Waals surface area contributed by atoms with Crippen LogP contribution in [0.5, 0.6) is 0 Å². The number of nitrogens with one attached hydrogen (secondary N) is 2. The lowest BCUT2D eigenvalue weighted by Crippen LogP contribution is -2.37. The van der Waals surface area contributed by atoms with Crippen molar-refractivity contribution in [3.63, 3.8) is 0 Å². The van der Waals surface area contributed by atoms with Crippen LogP contribution in [0.2, 0.25) is 0 Å². The van der Waals surface area contributed by atoms with Crippen molar-refractivity contribution in [3.8, 4) is 0 Å². The summed E-state index contributed by atoms with van der Waals surface area (Å²) in [5, 5.41) is 5.68. The maximum absolute atomic E-state index is 12.7. The Morgan fingerprint density at radius 1 is 1.14 bits per heavy atom. The lowest BCUT2D eigenvalue weighted by Gasteiger charge is -2.16. The average molecular weight is 383 g/mol. The van der Waals surface area contributed by atoms with Crippen molar-refractivity contribution in [1.29, 1.82) is 0 Å². The molecule has 28 heavy (non-hydrogen) atoms. The summed E-state index contributed by atoms with van der Waals surface area (Å²) in [6, 6.07) is 10.7. The zero-order valence-corrected chi connectivity index (χ0v) is 17.0. The molecule has 1 aromatic carbocycles. The minimum absolute atomic E-state index is 0.172.